The fraction of sp³-hybridized carbons (Fsp3) is 0.200. The Morgan fingerprint density at radius 1 is 1.17 bits per heavy atom. The lowest BCUT2D eigenvalue weighted by Crippen LogP contribution is -2.28. The van der Waals surface area contributed by atoms with Crippen molar-refractivity contribution >= 4 is 22.6 Å². The molecule has 0 spiro atoms. The average Bonchev–Trinajstić information content (AvgIpc) is 3.09. The highest BCUT2D eigenvalue weighted by molar-refractivity contribution is 5.94. The minimum absolute atomic E-state index is 0.216. The zero-order valence-electron chi connectivity index (χ0n) is 15.0. The number of nitrogens with two attached hydrogens (primary N) is 1. The maximum Gasteiger partial charge on any atom is 0.341 e. The molecule has 0 saturated carbocycles. The van der Waals surface area contributed by atoms with Crippen molar-refractivity contribution in [2.75, 3.05) is 18.0 Å². The third kappa shape index (κ3) is 3.13. The molecule has 2 heterocycles. The molecule has 2 aromatic carbocycles. The summed E-state index contributed by atoms with van der Waals surface area (Å²) in [5.74, 6) is -4.07. The third-order valence-corrected chi connectivity index (χ3v) is 5.03. The van der Waals surface area contributed by atoms with Crippen molar-refractivity contribution in [1.82, 2.24) is 4.57 Å². The van der Waals surface area contributed by atoms with E-state index in [0.29, 0.717) is 13.0 Å². The number of hydrogen-bond donors (Lipinski definition) is 2. The molecule has 150 valence electrons. The molecular formula is C20H16F3N3O3. The van der Waals surface area contributed by atoms with E-state index in [4.69, 9.17) is 5.73 Å². The maximum atomic E-state index is 15.5. The molecule has 1 aliphatic heterocycles. The Hall–Kier alpha value is -3.33. The Morgan fingerprint density at radius 3 is 2.45 bits per heavy atom. The molecule has 0 amide bonds. The van der Waals surface area contributed by atoms with Gasteiger partial charge in [0.25, 0.3) is 0 Å². The highest BCUT2D eigenvalue weighted by Crippen LogP contribution is 2.33. The van der Waals surface area contributed by atoms with Crippen LogP contribution in [0.1, 0.15) is 16.8 Å². The summed E-state index contributed by atoms with van der Waals surface area (Å²) in [6.45, 7) is 0.585. The maximum absolute atomic E-state index is 15.5. The molecule has 1 aromatic heterocycles. The van der Waals surface area contributed by atoms with E-state index < -0.39 is 39.8 Å². The van der Waals surface area contributed by atoms with E-state index in [2.05, 4.69) is 0 Å². The van der Waals surface area contributed by atoms with Crippen molar-refractivity contribution in [2.45, 2.75) is 12.5 Å². The first-order valence-corrected chi connectivity index (χ1v) is 8.85. The van der Waals surface area contributed by atoms with Crippen LogP contribution < -0.4 is 16.1 Å². The number of anilines is 1. The Kier molecular flexibility index (Phi) is 4.54. The smallest absolute Gasteiger partial charge is 0.341 e. The Morgan fingerprint density at radius 2 is 1.86 bits per heavy atom. The van der Waals surface area contributed by atoms with Gasteiger partial charge in [0.1, 0.15) is 22.9 Å². The van der Waals surface area contributed by atoms with Crippen molar-refractivity contribution in [3.8, 4) is 5.69 Å². The monoisotopic (exact) mass is 403 g/mol. The van der Waals surface area contributed by atoms with Gasteiger partial charge in [0, 0.05) is 31.0 Å². The standard InChI is InChI=1S/C20H16F3N3O3/c21-10-1-3-12(4-2-10)26-9-14(20(28)29)19(27)13-7-15(22)18(16(23)17(13)26)25-6-5-11(24)8-25/h1-4,7,9,11H,5-6,8,24H2,(H,28,29). The average molecular weight is 403 g/mol. The summed E-state index contributed by atoms with van der Waals surface area (Å²) in [5.41, 5.74) is 3.78. The molecule has 6 nitrogen and oxygen atoms in total. The molecular weight excluding hydrogens is 387 g/mol. The SMILES string of the molecule is NC1CCN(c2c(F)cc3c(=O)c(C(=O)O)cn(-c4ccc(F)cc4)c3c2F)C1. The molecule has 0 aliphatic carbocycles. The van der Waals surface area contributed by atoms with Crippen molar-refractivity contribution in [3.63, 3.8) is 0 Å². The summed E-state index contributed by atoms with van der Waals surface area (Å²) in [5, 5.41) is 8.93. The highest BCUT2D eigenvalue weighted by Gasteiger charge is 2.28. The van der Waals surface area contributed by atoms with Crippen LogP contribution in [0.2, 0.25) is 0 Å². The van der Waals surface area contributed by atoms with Crippen LogP contribution in [0.5, 0.6) is 0 Å². The van der Waals surface area contributed by atoms with Gasteiger partial charge in [0.05, 0.1) is 10.9 Å². The second-order valence-corrected chi connectivity index (χ2v) is 6.94. The van der Waals surface area contributed by atoms with Gasteiger partial charge in [-0.2, -0.15) is 0 Å². The molecule has 0 radical (unpaired) electrons. The number of carboxylic acids is 1. The van der Waals surface area contributed by atoms with E-state index in [1.807, 2.05) is 0 Å². The highest BCUT2D eigenvalue weighted by atomic mass is 19.1. The van der Waals surface area contributed by atoms with Gasteiger partial charge in [-0.05, 0) is 36.8 Å². The third-order valence-electron chi connectivity index (χ3n) is 5.03. The number of rotatable bonds is 3. The number of aromatic nitrogens is 1. The topological polar surface area (TPSA) is 88.6 Å². The van der Waals surface area contributed by atoms with Gasteiger partial charge in [-0.3, -0.25) is 4.79 Å². The molecule has 1 unspecified atom stereocenters. The number of hydrogen-bond acceptors (Lipinski definition) is 4. The van der Waals surface area contributed by atoms with E-state index >= 15 is 4.39 Å². The number of benzene rings is 2. The van der Waals surface area contributed by atoms with Gasteiger partial charge in [-0.1, -0.05) is 0 Å². The van der Waals surface area contributed by atoms with Gasteiger partial charge in [-0.25, -0.2) is 18.0 Å². The van der Waals surface area contributed by atoms with Crippen molar-refractivity contribution in [1.29, 1.82) is 0 Å². The summed E-state index contributed by atoms with van der Waals surface area (Å²) in [6.07, 6.45) is 1.51. The molecule has 1 fully saturated rings. The Balaban J connectivity index is 2.09. The first-order valence-electron chi connectivity index (χ1n) is 8.85. The number of pyridine rings is 1. The number of carbonyl (C=O) groups is 1. The van der Waals surface area contributed by atoms with Crippen LogP contribution in [0.4, 0.5) is 18.9 Å². The number of halogens is 3. The zero-order chi connectivity index (χ0) is 20.9. The predicted molar refractivity (Wildman–Crippen MR) is 101 cm³/mol. The molecule has 29 heavy (non-hydrogen) atoms. The summed E-state index contributed by atoms with van der Waals surface area (Å²) in [4.78, 5) is 25.5. The number of fused-ring (bicyclic) bond motifs is 1. The summed E-state index contributed by atoms with van der Waals surface area (Å²) < 4.78 is 44.8. The normalized spacial score (nSPS) is 16.6. The van der Waals surface area contributed by atoms with Crippen molar-refractivity contribution in [3.05, 3.63) is 69.8 Å². The first kappa shape index (κ1) is 19.0. The lowest BCUT2D eigenvalue weighted by molar-refractivity contribution is 0.0695. The molecule has 3 N–H and O–H groups in total. The molecule has 9 heteroatoms. The van der Waals surface area contributed by atoms with E-state index in [1.165, 1.54) is 17.0 Å². The summed E-state index contributed by atoms with van der Waals surface area (Å²) in [6, 6.07) is 5.44. The number of carboxylic acid groups (broad SMARTS) is 1. The van der Waals surface area contributed by atoms with Gasteiger partial charge < -0.3 is 20.3 Å². The molecule has 4 rings (SSSR count). The predicted octanol–water partition coefficient (Wildman–Crippen LogP) is 2.64. The Labute approximate surface area is 162 Å². The van der Waals surface area contributed by atoms with Crippen LogP contribution in [0.3, 0.4) is 0 Å². The summed E-state index contributed by atoms with van der Waals surface area (Å²) >= 11 is 0. The lowest BCUT2D eigenvalue weighted by Gasteiger charge is -2.22. The fourth-order valence-electron chi connectivity index (χ4n) is 3.64. The van der Waals surface area contributed by atoms with E-state index in [0.717, 1.165) is 29.0 Å². The van der Waals surface area contributed by atoms with E-state index in [-0.39, 0.29) is 29.5 Å². The molecule has 3 aromatic rings. The van der Waals surface area contributed by atoms with Crippen molar-refractivity contribution in [2.24, 2.45) is 5.73 Å². The largest absolute Gasteiger partial charge is 0.477 e. The second kappa shape index (κ2) is 6.93. The minimum atomic E-state index is -1.54. The Bertz CT molecular complexity index is 1190. The quantitative estimate of drug-likeness (QED) is 0.702. The minimum Gasteiger partial charge on any atom is -0.477 e. The molecule has 1 aliphatic rings. The van der Waals surface area contributed by atoms with Gasteiger partial charge in [0.2, 0.25) is 5.43 Å². The molecule has 1 atom stereocenters. The lowest BCUT2D eigenvalue weighted by atomic mass is 10.1. The summed E-state index contributed by atoms with van der Waals surface area (Å²) in [7, 11) is 0. The molecule has 0 bridgehead atoms. The van der Waals surface area contributed by atoms with Gasteiger partial charge in [-0.15, -0.1) is 0 Å². The van der Waals surface area contributed by atoms with Crippen LogP contribution in [0.25, 0.3) is 16.6 Å². The number of nitrogens with zero attached hydrogens (tertiary/aromatic N) is 2. The zero-order valence-corrected chi connectivity index (χ0v) is 15.0. The van der Waals surface area contributed by atoms with E-state index in [1.54, 1.807) is 0 Å². The second-order valence-electron chi connectivity index (χ2n) is 6.94. The first-order chi connectivity index (χ1) is 13.8. The number of aromatic carboxylic acids is 1. The van der Waals surface area contributed by atoms with Crippen LogP contribution in [0, 0.1) is 17.5 Å². The van der Waals surface area contributed by atoms with Crippen LogP contribution in [-0.2, 0) is 0 Å². The fourth-order valence-corrected chi connectivity index (χ4v) is 3.64. The van der Waals surface area contributed by atoms with Crippen LogP contribution >= 0.6 is 0 Å². The van der Waals surface area contributed by atoms with Crippen molar-refractivity contribution < 1.29 is 23.1 Å². The van der Waals surface area contributed by atoms with Crippen LogP contribution in [-0.4, -0.2) is 34.8 Å². The van der Waals surface area contributed by atoms with Crippen LogP contribution in [0.15, 0.2) is 41.3 Å². The van der Waals surface area contributed by atoms with E-state index in [9.17, 15) is 23.5 Å². The van der Waals surface area contributed by atoms with Gasteiger partial charge >= 0.3 is 5.97 Å². The molecule has 1 saturated heterocycles. The van der Waals surface area contributed by atoms with Gasteiger partial charge in [0.15, 0.2) is 5.82 Å².